The Kier molecular flexibility index (Phi) is 8.23. The highest BCUT2D eigenvalue weighted by atomic mass is 32.2. The minimum atomic E-state index is -1.46. The fourth-order valence-corrected chi connectivity index (χ4v) is 9.64. The Morgan fingerprint density at radius 2 is 2.12 bits per heavy atom. The van der Waals surface area contributed by atoms with Gasteiger partial charge in [0.05, 0.1) is 29.2 Å². The smallest absolute Gasteiger partial charge is 0.333 e. The zero-order valence-corrected chi connectivity index (χ0v) is 25.2. The predicted molar refractivity (Wildman–Crippen MR) is 159 cm³/mol. The maximum atomic E-state index is 13.6. The summed E-state index contributed by atoms with van der Waals surface area (Å²) in [6.07, 6.45) is 6.91. The summed E-state index contributed by atoms with van der Waals surface area (Å²) in [5, 5.41) is 19.2. The van der Waals surface area contributed by atoms with Gasteiger partial charge in [0.15, 0.2) is 5.60 Å². The highest BCUT2D eigenvalue weighted by Crippen LogP contribution is 2.69. The zero-order chi connectivity index (χ0) is 30.4. The van der Waals surface area contributed by atoms with Gasteiger partial charge in [0, 0.05) is 12.5 Å². The number of nitrogens with two attached hydrogens (primary N) is 1. The van der Waals surface area contributed by atoms with Crippen LogP contribution in [0, 0.1) is 45.9 Å². The van der Waals surface area contributed by atoms with Crippen LogP contribution in [-0.2, 0) is 19.1 Å². The van der Waals surface area contributed by atoms with Crippen LogP contribution in [0.15, 0.2) is 46.7 Å². The molecule has 0 aliphatic heterocycles. The van der Waals surface area contributed by atoms with Gasteiger partial charge < -0.3 is 25.7 Å². The number of halogens is 1. The van der Waals surface area contributed by atoms with E-state index in [0.717, 1.165) is 29.3 Å². The molecule has 5 rings (SSSR count). The van der Waals surface area contributed by atoms with E-state index in [-0.39, 0.29) is 41.8 Å². The molecule has 4 aliphatic carbocycles. The van der Waals surface area contributed by atoms with E-state index in [4.69, 9.17) is 25.6 Å². The number of carbonyl (C=O) groups excluding carboxylic acids is 2. The zero-order valence-electron chi connectivity index (χ0n) is 24.4. The first kappa shape index (κ1) is 30.6. The summed E-state index contributed by atoms with van der Waals surface area (Å²) in [4.78, 5) is 34.8. The standard InChI is InChI=1S/C31H39FN4O5S/c1-17-9-20-21-7-8-31(28(39)42-16-34,41-26(38)15-40-4)30(21,3)12-24(37)27(20)29(2)11-18(13-33)23(10-22(17)29)36-19-5-6-25(32)35-14-19/h5-6,10,13-14,16-17,20-21,24,27,34,37H,7-9,11-12,15,33H2,1-4H3/t17-,20-,21?,24?,27?,29-,30-,31-/m0/s1. The monoisotopic (exact) mass is 598 g/mol. The van der Waals surface area contributed by atoms with Crippen molar-refractivity contribution in [1.82, 2.24) is 4.98 Å². The molecule has 0 bridgehead atoms. The number of aromatic nitrogens is 1. The molecule has 1 heterocycles. The minimum Gasteiger partial charge on any atom is -0.448 e. The average molecular weight is 599 g/mol. The number of nitrogens with zero attached hydrogens (tertiary/aromatic N) is 2. The molecule has 0 aromatic carbocycles. The second kappa shape index (κ2) is 11.3. The number of fused-ring (bicyclic) bond motifs is 5. The molecule has 0 spiro atoms. The Labute approximate surface area is 249 Å². The van der Waals surface area contributed by atoms with Crippen LogP contribution in [0.3, 0.4) is 0 Å². The third-order valence-electron chi connectivity index (χ3n) is 10.5. The van der Waals surface area contributed by atoms with Crippen LogP contribution in [0.25, 0.3) is 0 Å². The van der Waals surface area contributed by atoms with E-state index in [1.807, 2.05) is 6.92 Å². The third kappa shape index (κ3) is 4.73. The fraction of sp³-hybridized carbons (Fsp3) is 0.581. The van der Waals surface area contributed by atoms with E-state index in [2.05, 4.69) is 24.9 Å². The Morgan fingerprint density at radius 3 is 2.76 bits per heavy atom. The van der Waals surface area contributed by atoms with Gasteiger partial charge in [-0.3, -0.25) is 4.79 Å². The van der Waals surface area contributed by atoms with Crippen LogP contribution in [0.5, 0.6) is 0 Å². The van der Waals surface area contributed by atoms with Crippen molar-refractivity contribution in [3.05, 3.63) is 47.7 Å². The van der Waals surface area contributed by atoms with Crippen molar-refractivity contribution in [3.63, 3.8) is 0 Å². The summed E-state index contributed by atoms with van der Waals surface area (Å²) >= 11 is 0.729. The second-order valence-electron chi connectivity index (χ2n) is 12.6. The highest BCUT2D eigenvalue weighted by Gasteiger charge is 2.71. The molecule has 9 nitrogen and oxygen atoms in total. The van der Waals surface area contributed by atoms with E-state index < -0.39 is 34.5 Å². The molecular weight excluding hydrogens is 559 g/mol. The first-order chi connectivity index (χ1) is 19.9. The summed E-state index contributed by atoms with van der Waals surface area (Å²) < 4.78 is 24.4. The molecule has 42 heavy (non-hydrogen) atoms. The number of carbonyl (C=O) groups is 2. The number of hydrogen-bond donors (Lipinski definition) is 3. The van der Waals surface area contributed by atoms with Gasteiger partial charge >= 0.3 is 5.97 Å². The number of hydrogen-bond acceptors (Lipinski definition) is 10. The van der Waals surface area contributed by atoms with Crippen LogP contribution in [0.1, 0.15) is 52.9 Å². The van der Waals surface area contributed by atoms with Crippen LogP contribution >= 0.6 is 11.8 Å². The number of pyridine rings is 1. The number of ether oxygens (including phenoxy) is 2. The lowest BCUT2D eigenvalue weighted by atomic mass is 9.44. The molecule has 3 unspecified atom stereocenters. The number of allylic oxidation sites excluding steroid dienone is 3. The van der Waals surface area contributed by atoms with Crippen LogP contribution in [-0.4, -0.2) is 57.9 Å². The summed E-state index contributed by atoms with van der Waals surface area (Å²) in [6, 6.07) is 2.85. The van der Waals surface area contributed by atoms with Crippen molar-refractivity contribution >= 4 is 39.8 Å². The summed E-state index contributed by atoms with van der Waals surface area (Å²) in [6.45, 7) is 6.06. The number of aliphatic hydroxyl groups excluding tert-OH is 1. The van der Waals surface area contributed by atoms with Crippen molar-refractivity contribution in [1.29, 1.82) is 5.41 Å². The van der Waals surface area contributed by atoms with Crippen molar-refractivity contribution in [2.24, 2.45) is 45.2 Å². The van der Waals surface area contributed by atoms with Crippen LogP contribution in [0.4, 0.5) is 10.1 Å². The summed E-state index contributed by atoms with van der Waals surface area (Å²) in [7, 11) is 1.40. The lowest BCUT2D eigenvalue weighted by Crippen LogP contribution is -2.63. The van der Waals surface area contributed by atoms with Gasteiger partial charge in [0.25, 0.3) is 0 Å². The lowest BCUT2D eigenvalue weighted by Gasteiger charge is -2.62. The highest BCUT2D eigenvalue weighted by molar-refractivity contribution is 8.24. The molecule has 3 saturated carbocycles. The Morgan fingerprint density at radius 1 is 1.36 bits per heavy atom. The van der Waals surface area contributed by atoms with E-state index >= 15 is 0 Å². The number of thioether (sulfide) groups is 1. The SMILES string of the molecule is COCC(=O)O[C@]1(C(=O)SC=N)CCC2[C@@H]3C[C@H](C)C4=CC(=Nc5ccc(F)nc5)C(=CN)C[C@]4(C)C3C(O)C[C@@]21C. The number of esters is 1. The predicted octanol–water partition coefficient (Wildman–Crippen LogP) is 4.72. The minimum absolute atomic E-state index is 0.0167. The van der Waals surface area contributed by atoms with E-state index in [0.29, 0.717) is 30.7 Å². The molecular formula is C31H39FN4O5S. The van der Waals surface area contributed by atoms with Gasteiger partial charge in [-0.05, 0) is 103 Å². The first-order valence-electron chi connectivity index (χ1n) is 14.4. The van der Waals surface area contributed by atoms with E-state index in [1.165, 1.54) is 24.9 Å². The van der Waals surface area contributed by atoms with Crippen molar-refractivity contribution < 1.29 is 28.6 Å². The third-order valence-corrected chi connectivity index (χ3v) is 11.2. The van der Waals surface area contributed by atoms with Gasteiger partial charge in [-0.25, -0.2) is 14.8 Å². The summed E-state index contributed by atoms with van der Waals surface area (Å²) in [5.41, 5.74) is 7.68. The Balaban J connectivity index is 1.55. The number of rotatable bonds is 6. The van der Waals surface area contributed by atoms with E-state index in [1.54, 1.807) is 12.3 Å². The number of aliphatic imine (C=N–C) groups is 1. The van der Waals surface area contributed by atoms with Crippen molar-refractivity contribution in [3.8, 4) is 0 Å². The molecule has 4 aliphatic rings. The summed E-state index contributed by atoms with van der Waals surface area (Å²) in [5.74, 6) is -1.08. The molecule has 11 heteroatoms. The maximum Gasteiger partial charge on any atom is 0.333 e. The topological polar surface area (TPSA) is 148 Å². The van der Waals surface area contributed by atoms with Gasteiger partial charge in [0.1, 0.15) is 6.61 Å². The van der Waals surface area contributed by atoms with Crippen molar-refractivity contribution in [2.45, 2.75) is 64.6 Å². The maximum absolute atomic E-state index is 13.6. The van der Waals surface area contributed by atoms with Crippen LogP contribution in [0.2, 0.25) is 0 Å². The number of methoxy groups -OCH3 is 1. The lowest BCUT2D eigenvalue weighted by molar-refractivity contribution is -0.199. The van der Waals surface area contributed by atoms with Crippen molar-refractivity contribution in [2.75, 3.05) is 13.7 Å². The molecule has 0 radical (unpaired) electrons. The molecule has 3 fully saturated rings. The average Bonchev–Trinajstić information content (AvgIpc) is 3.22. The molecule has 0 saturated heterocycles. The largest absolute Gasteiger partial charge is 0.448 e. The van der Waals surface area contributed by atoms with Gasteiger partial charge in [-0.15, -0.1) is 0 Å². The number of nitrogens with one attached hydrogen (secondary N) is 1. The fourth-order valence-electron chi connectivity index (χ4n) is 8.97. The second-order valence-corrected chi connectivity index (χ2v) is 13.5. The van der Waals surface area contributed by atoms with Gasteiger partial charge in [0.2, 0.25) is 11.1 Å². The first-order valence-corrected chi connectivity index (χ1v) is 15.2. The molecule has 8 atom stereocenters. The van der Waals surface area contributed by atoms with Gasteiger partial charge in [-0.1, -0.05) is 26.3 Å². The molecule has 1 aromatic rings. The molecule has 1 aromatic heterocycles. The molecule has 4 N–H and O–H groups in total. The van der Waals surface area contributed by atoms with E-state index in [9.17, 15) is 19.1 Å². The van der Waals surface area contributed by atoms with Crippen LogP contribution < -0.4 is 5.73 Å². The quantitative estimate of drug-likeness (QED) is 0.184. The Hall–Kier alpha value is -2.89. The molecule has 0 amide bonds. The van der Waals surface area contributed by atoms with Gasteiger partial charge in [-0.2, -0.15) is 4.39 Å². The molecule has 226 valence electrons. The Bertz CT molecular complexity index is 1370. The number of aliphatic hydroxyl groups is 1. The normalized spacial score (nSPS) is 39.2.